The summed E-state index contributed by atoms with van der Waals surface area (Å²) in [6.45, 7) is 4.59. The van der Waals surface area contributed by atoms with Gasteiger partial charge in [0, 0.05) is 11.6 Å². The number of carbonyl (C=O) groups is 2. The summed E-state index contributed by atoms with van der Waals surface area (Å²) in [5.74, 6) is -1.45. The molecule has 0 radical (unpaired) electrons. The van der Waals surface area contributed by atoms with Gasteiger partial charge in [-0.05, 0) is 37.0 Å². The third-order valence-electron chi connectivity index (χ3n) is 4.03. The van der Waals surface area contributed by atoms with E-state index in [2.05, 4.69) is 10.6 Å². The number of benzene rings is 1. The van der Waals surface area contributed by atoms with E-state index in [-0.39, 0.29) is 16.6 Å². The van der Waals surface area contributed by atoms with Gasteiger partial charge < -0.3 is 10.6 Å². The molecule has 0 heterocycles. The normalized spacial score (nSPS) is 19.6. The first-order chi connectivity index (χ1) is 11.6. The maximum Gasteiger partial charge on any atom is 0.418 e. The van der Waals surface area contributed by atoms with Crippen LogP contribution in [-0.2, 0) is 15.8 Å². The SMILES string of the molecule is CC(C)CCNC(=O)C1CC1C(=O)Nc1ccc(Cl)cc1C(F)(F)F. The van der Waals surface area contributed by atoms with Crippen LogP contribution in [0.1, 0.15) is 32.3 Å². The molecule has 2 amide bonds. The first kappa shape index (κ1) is 19.6. The van der Waals surface area contributed by atoms with E-state index in [1.165, 1.54) is 6.07 Å². The summed E-state index contributed by atoms with van der Waals surface area (Å²) in [5, 5.41) is 4.95. The van der Waals surface area contributed by atoms with E-state index < -0.39 is 29.5 Å². The Kier molecular flexibility index (Phi) is 5.98. The number of halogens is 4. The molecule has 2 rings (SSSR count). The summed E-state index contributed by atoms with van der Waals surface area (Å²) < 4.78 is 39.1. The predicted molar refractivity (Wildman–Crippen MR) is 89.1 cm³/mol. The fourth-order valence-electron chi connectivity index (χ4n) is 2.48. The molecular weight excluding hydrogens is 357 g/mol. The fraction of sp³-hybridized carbons (Fsp3) is 0.529. The Hall–Kier alpha value is -1.76. The van der Waals surface area contributed by atoms with Crippen molar-refractivity contribution in [1.29, 1.82) is 0 Å². The molecule has 0 spiro atoms. The van der Waals surface area contributed by atoms with Gasteiger partial charge in [0.2, 0.25) is 11.8 Å². The molecule has 2 atom stereocenters. The highest BCUT2D eigenvalue weighted by Crippen LogP contribution is 2.41. The minimum Gasteiger partial charge on any atom is -0.356 e. The molecule has 0 aromatic heterocycles. The minimum absolute atomic E-state index is 0.0702. The molecule has 4 nitrogen and oxygen atoms in total. The van der Waals surface area contributed by atoms with Crippen molar-refractivity contribution in [2.24, 2.45) is 17.8 Å². The first-order valence-corrected chi connectivity index (χ1v) is 8.42. The highest BCUT2D eigenvalue weighted by atomic mass is 35.5. The number of hydrogen-bond acceptors (Lipinski definition) is 2. The van der Waals surface area contributed by atoms with Crippen molar-refractivity contribution in [1.82, 2.24) is 5.32 Å². The van der Waals surface area contributed by atoms with E-state index in [1.54, 1.807) is 0 Å². The topological polar surface area (TPSA) is 58.2 Å². The van der Waals surface area contributed by atoms with Crippen molar-refractivity contribution in [3.63, 3.8) is 0 Å². The number of nitrogens with one attached hydrogen (secondary N) is 2. The molecule has 1 aromatic carbocycles. The van der Waals surface area contributed by atoms with Gasteiger partial charge in [-0.1, -0.05) is 25.4 Å². The number of rotatable bonds is 6. The fourth-order valence-corrected chi connectivity index (χ4v) is 2.65. The Morgan fingerprint density at radius 2 is 1.88 bits per heavy atom. The third-order valence-corrected chi connectivity index (χ3v) is 4.26. The van der Waals surface area contributed by atoms with E-state index in [4.69, 9.17) is 11.6 Å². The number of carbonyl (C=O) groups excluding carboxylic acids is 2. The van der Waals surface area contributed by atoms with Crippen LogP contribution >= 0.6 is 11.6 Å². The zero-order valence-electron chi connectivity index (χ0n) is 13.9. The summed E-state index contributed by atoms with van der Waals surface area (Å²) in [7, 11) is 0. The van der Waals surface area contributed by atoms with Gasteiger partial charge in [0.25, 0.3) is 0 Å². The molecule has 25 heavy (non-hydrogen) atoms. The Bertz CT molecular complexity index is 662. The van der Waals surface area contributed by atoms with Crippen molar-refractivity contribution in [3.8, 4) is 0 Å². The average Bonchev–Trinajstić information content (AvgIpc) is 3.28. The van der Waals surface area contributed by atoms with Gasteiger partial charge in [0.1, 0.15) is 0 Å². The lowest BCUT2D eigenvalue weighted by atomic mass is 10.1. The van der Waals surface area contributed by atoms with Crippen LogP contribution in [0.5, 0.6) is 0 Å². The molecule has 0 saturated heterocycles. The van der Waals surface area contributed by atoms with Crippen LogP contribution in [0.4, 0.5) is 18.9 Å². The van der Waals surface area contributed by atoms with Crippen molar-refractivity contribution in [2.75, 3.05) is 11.9 Å². The van der Waals surface area contributed by atoms with Crippen molar-refractivity contribution in [2.45, 2.75) is 32.9 Å². The molecular formula is C17H20ClF3N2O2. The molecule has 1 saturated carbocycles. The summed E-state index contributed by atoms with van der Waals surface area (Å²) in [5.41, 5.74) is -1.36. The lowest BCUT2D eigenvalue weighted by Gasteiger charge is -2.14. The van der Waals surface area contributed by atoms with Crippen LogP contribution in [0.2, 0.25) is 5.02 Å². The molecule has 0 aliphatic heterocycles. The van der Waals surface area contributed by atoms with E-state index in [1.807, 2.05) is 13.8 Å². The summed E-state index contributed by atoms with van der Waals surface area (Å²) in [6, 6.07) is 3.15. The van der Waals surface area contributed by atoms with Gasteiger partial charge in [0.15, 0.2) is 0 Å². The molecule has 0 bridgehead atoms. The first-order valence-electron chi connectivity index (χ1n) is 8.05. The lowest BCUT2D eigenvalue weighted by molar-refractivity contribution is -0.137. The van der Waals surface area contributed by atoms with Gasteiger partial charge in [-0.15, -0.1) is 0 Å². The third kappa shape index (κ3) is 5.36. The monoisotopic (exact) mass is 376 g/mol. The maximum absolute atomic E-state index is 13.0. The number of amides is 2. The molecule has 138 valence electrons. The Balaban J connectivity index is 1.95. The molecule has 2 unspecified atom stereocenters. The van der Waals surface area contributed by atoms with Crippen LogP contribution in [0, 0.1) is 17.8 Å². The number of hydrogen-bond donors (Lipinski definition) is 2. The smallest absolute Gasteiger partial charge is 0.356 e. The van der Waals surface area contributed by atoms with Gasteiger partial charge in [-0.3, -0.25) is 9.59 Å². The quantitative estimate of drug-likeness (QED) is 0.785. The van der Waals surface area contributed by atoms with Crippen LogP contribution in [0.15, 0.2) is 18.2 Å². The second-order valence-electron chi connectivity index (χ2n) is 6.60. The van der Waals surface area contributed by atoms with Gasteiger partial charge >= 0.3 is 6.18 Å². The van der Waals surface area contributed by atoms with E-state index >= 15 is 0 Å². The van der Waals surface area contributed by atoms with Gasteiger partial charge in [-0.2, -0.15) is 13.2 Å². The Morgan fingerprint density at radius 1 is 1.24 bits per heavy atom. The largest absolute Gasteiger partial charge is 0.418 e. The lowest BCUT2D eigenvalue weighted by Crippen LogP contribution is -2.29. The zero-order valence-corrected chi connectivity index (χ0v) is 14.7. The predicted octanol–water partition coefficient (Wildman–Crippen LogP) is 4.10. The Labute approximate surface area is 149 Å². The van der Waals surface area contributed by atoms with Gasteiger partial charge in [0.05, 0.1) is 23.1 Å². The second-order valence-corrected chi connectivity index (χ2v) is 7.04. The van der Waals surface area contributed by atoms with E-state index in [0.29, 0.717) is 18.9 Å². The molecule has 1 aromatic rings. The van der Waals surface area contributed by atoms with Crippen LogP contribution < -0.4 is 10.6 Å². The highest BCUT2D eigenvalue weighted by molar-refractivity contribution is 6.30. The van der Waals surface area contributed by atoms with Crippen LogP contribution in [0.25, 0.3) is 0 Å². The molecule has 1 aliphatic rings. The van der Waals surface area contributed by atoms with Crippen molar-refractivity contribution >= 4 is 29.1 Å². The molecule has 1 fully saturated rings. The maximum atomic E-state index is 13.0. The van der Waals surface area contributed by atoms with Crippen molar-refractivity contribution in [3.05, 3.63) is 28.8 Å². The highest BCUT2D eigenvalue weighted by Gasteiger charge is 2.48. The minimum atomic E-state index is -4.63. The second kappa shape index (κ2) is 7.64. The summed E-state index contributed by atoms with van der Waals surface area (Å²) in [6.07, 6.45) is -3.46. The number of anilines is 1. The zero-order chi connectivity index (χ0) is 18.8. The number of alkyl halides is 3. The molecule has 2 N–H and O–H groups in total. The summed E-state index contributed by atoms with van der Waals surface area (Å²) >= 11 is 5.60. The average molecular weight is 377 g/mol. The molecule has 8 heteroatoms. The van der Waals surface area contributed by atoms with Gasteiger partial charge in [-0.25, -0.2) is 0 Å². The Morgan fingerprint density at radius 3 is 2.48 bits per heavy atom. The standard InChI is InChI=1S/C17H20ClF3N2O2/c1-9(2)5-6-22-15(24)11-8-12(11)16(25)23-14-4-3-10(18)7-13(14)17(19,20)21/h3-4,7,9,11-12H,5-6,8H2,1-2H3,(H,22,24)(H,23,25). The molecule has 1 aliphatic carbocycles. The van der Waals surface area contributed by atoms with E-state index in [0.717, 1.165) is 18.6 Å². The van der Waals surface area contributed by atoms with Crippen LogP contribution in [0.3, 0.4) is 0 Å². The van der Waals surface area contributed by atoms with E-state index in [9.17, 15) is 22.8 Å². The summed E-state index contributed by atoms with van der Waals surface area (Å²) in [4.78, 5) is 24.1. The van der Waals surface area contributed by atoms with Crippen LogP contribution in [-0.4, -0.2) is 18.4 Å². The van der Waals surface area contributed by atoms with Crippen molar-refractivity contribution < 1.29 is 22.8 Å².